The topological polar surface area (TPSA) is 15.3 Å². The zero-order valence-electron chi connectivity index (χ0n) is 9.91. The number of rotatable bonds is 5. The summed E-state index contributed by atoms with van der Waals surface area (Å²) < 4.78 is 35.7. The summed E-state index contributed by atoms with van der Waals surface area (Å²) in [7, 11) is 1.70. The molecule has 5 heteroatoms. The van der Waals surface area contributed by atoms with Crippen molar-refractivity contribution < 1.29 is 13.2 Å². The molecule has 0 aliphatic heterocycles. The van der Waals surface area contributed by atoms with Crippen LogP contribution in [0.5, 0.6) is 0 Å². The van der Waals surface area contributed by atoms with E-state index in [0.717, 1.165) is 0 Å². The molecule has 0 saturated heterocycles. The third kappa shape index (κ3) is 11.6. The van der Waals surface area contributed by atoms with Crippen molar-refractivity contribution in [2.75, 3.05) is 26.7 Å². The molecule has 0 bridgehead atoms. The summed E-state index contributed by atoms with van der Waals surface area (Å²) in [4.78, 5) is 1.69. The van der Waals surface area contributed by atoms with Gasteiger partial charge in [-0.2, -0.15) is 13.2 Å². The molecule has 0 heterocycles. The van der Waals surface area contributed by atoms with Gasteiger partial charge in [-0.1, -0.05) is 0 Å². The number of hydrogen-bond donors (Lipinski definition) is 1. The van der Waals surface area contributed by atoms with Gasteiger partial charge in [-0.05, 0) is 27.8 Å². The number of nitrogens with one attached hydrogen (secondary N) is 1. The van der Waals surface area contributed by atoms with Gasteiger partial charge < -0.3 is 10.2 Å². The second kappa shape index (κ2) is 5.70. The molecule has 0 radical (unpaired) electrons. The zero-order valence-corrected chi connectivity index (χ0v) is 9.91. The fraction of sp³-hybridized carbons (Fsp3) is 1.00. The molecule has 0 amide bonds. The summed E-state index contributed by atoms with van der Waals surface area (Å²) in [5.41, 5.74) is 0.0187. The predicted octanol–water partition coefficient (Wildman–Crippen LogP) is 2.26. The van der Waals surface area contributed by atoms with Crippen LogP contribution >= 0.6 is 0 Å². The third-order valence-corrected chi connectivity index (χ3v) is 1.93. The maximum Gasteiger partial charge on any atom is 0.390 e. The average Bonchev–Trinajstić information content (AvgIpc) is 1.97. The van der Waals surface area contributed by atoms with Crippen molar-refractivity contribution in [2.24, 2.45) is 0 Å². The Hall–Kier alpha value is -0.290. The summed E-state index contributed by atoms with van der Waals surface area (Å²) >= 11 is 0. The number of alkyl halides is 3. The first-order valence-corrected chi connectivity index (χ1v) is 5.10. The summed E-state index contributed by atoms with van der Waals surface area (Å²) in [6.07, 6.45) is -4.79. The van der Waals surface area contributed by atoms with E-state index in [4.69, 9.17) is 0 Å². The molecule has 1 N–H and O–H groups in total. The van der Waals surface area contributed by atoms with Crippen molar-refractivity contribution in [3.8, 4) is 0 Å². The van der Waals surface area contributed by atoms with Crippen LogP contribution in [0.2, 0.25) is 0 Å². The van der Waals surface area contributed by atoms with Crippen molar-refractivity contribution in [1.82, 2.24) is 10.2 Å². The minimum absolute atomic E-state index is 0.0187. The summed E-state index contributed by atoms with van der Waals surface area (Å²) in [5, 5.41) is 3.23. The lowest BCUT2D eigenvalue weighted by atomic mass is 10.1. The van der Waals surface area contributed by atoms with Gasteiger partial charge in [0.2, 0.25) is 0 Å². The molecule has 92 valence electrons. The second-order valence-electron chi connectivity index (χ2n) is 4.85. The molecule has 0 spiro atoms. The van der Waals surface area contributed by atoms with E-state index in [9.17, 15) is 13.2 Å². The van der Waals surface area contributed by atoms with Gasteiger partial charge in [-0.15, -0.1) is 0 Å². The van der Waals surface area contributed by atoms with Crippen LogP contribution in [0.3, 0.4) is 0 Å². The Morgan fingerprint density at radius 3 is 2.00 bits per heavy atom. The Bertz CT molecular complexity index is 172. The standard InChI is InChI=1S/C10H21F3N2/c1-9(2,3)14-6-8-15(4)7-5-10(11,12)13/h14H,5-8H2,1-4H3. The van der Waals surface area contributed by atoms with Crippen molar-refractivity contribution in [2.45, 2.75) is 38.9 Å². The Balaban J connectivity index is 3.54. The number of nitrogens with zero attached hydrogens (tertiary/aromatic N) is 1. The molecule has 0 atom stereocenters. The van der Waals surface area contributed by atoms with Crippen LogP contribution in [-0.2, 0) is 0 Å². The molecule has 0 unspecified atom stereocenters. The molecule has 0 rings (SSSR count). The van der Waals surface area contributed by atoms with E-state index in [1.165, 1.54) is 0 Å². The van der Waals surface area contributed by atoms with Gasteiger partial charge in [0.1, 0.15) is 0 Å². The smallest absolute Gasteiger partial charge is 0.311 e. The highest BCUT2D eigenvalue weighted by Crippen LogP contribution is 2.19. The molecular weight excluding hydrogens is 205 g/mol. The largest absolute Gasteiger partial charge is 0.390 e. The van der Waals surface area contributed by atoms with Crippen LogP contribution in [-0.4, -0.2) is 43.3 Å². The predicted molar refractivity (Wildman–Crippen MR) is 55.9 cm³/mol. The van der Waals surface area contributed by atoms with E-state index in [0.29, 0.717) is 13.1 Å². The Morgan fingerprint density at radius 1 is 1.07 bits per heavy atom. The normalized spacial score (nSPS) is 13.6. The minimum atomic E-state index is -4.05. The monoisotopic (exact) mass is 226 g/mol. The molecule has 0 saturated carbocycles. The highest BCUT2D eigenvalue weighted by atomic mass is 19.4. The first-order valence-electron chi connectivity index (χ1n) is 5.10. The summed E-state index contributed by atoms with van der Waals surface area (Å²) in [6.45, 7) is 7.49. The van der Waals surface area contributed by atoms with Crippen LogP contribution in [0.1, 0.15) is 27.2 Å². The molecule has 0 aromatic rings. The molecule has 0 aromatic heterocycles. The van der Waals surface area contributed by atoms with Crippen LogP contribution in [0.25, 0.3) is 0 Å². The molecule has 15 heavy (non-hydrogen) atoms. The molecule has 2 nitrogen and oxygen atoms in total. The fourth-order valence-corrected chi connectivity index (χ4v) is 1.05. The lowest BCUT2D eigenvalue weighted by molar-refractivity contribution is -0.137. The summed E-state index contributed by atoms with van der Waals surface area (Å²) in [6, 6.07) is 0. The van der Waals surface area contributed by atoms with E-state index in [2.05, 4.69) is 5.32 Å². The lowest BCUT2D eigenvalue weighted by Crippen LogP contribution is -2.41. The first kappa shape index (κ1) is 14.7. The SMILES string of the molecule is CN(CCNC(C)(C)C)CCC(F)(F)F. The first-order chi connectivity index (χ1) is 6.60. The number of hydrogen-bond acceptors (Lipinski definition) is 2. The molecule has 0 aliphatic rings. The Kier molecular flexibility index (Phi) is 5.59. The number of halogens is 3. The van der Waals surface area contributed by atoms with Crippen LogP contribution in [0, 0.1) is 0 Å². The summed E-state index contributed by atoms with van der Waals surface area (Å²) in [5.74, 6) is 0. The fourth-order valence-electron chi connectivity index (χ4n) is 1.05. The van der Waals surface area contributed by atoms with Gasteiger partial charge in [-0.25, -0.2) is 0 Å². The van der Waals surface area contributed by atoms with Crippen LogP contribution in [0.4, 0.5) is 13.2 Å². The van der Waals surface area contributed by atoms with Crippen LogP contribution in [0.15, 0.2) is 0 Å². The van der Waals surface area contributed by atoms with Crippen molar-refractivity contribution in [3.63, 3.8) is 0 Å². The van der Waals surface area contributed by atoms with Crippen molar-refractivity contribution in [1.29, 1.82) is 0 Å². The lowest BCUT2D eigenvalue weighted by Gasteiger charge is -2.23. The van der Waals surface area contributed by atoms with E-state index in [-0.39, 0.29) is 12.1 Å². The second-order valence-corrected chi connectivity index (χ2v) is 4.85. The molecule has 0 fully saturated rings. The highest BCUT2D eigenvalue weighted by molar-refractivity contribution is 4.70. The average molecular weight is 226 g/mol. The van der Waals surface area contributed by atoms with Crippen molar-refractivity contribution >= 4 is 0 Å². The number of likely N-dealkylation sites (N-methyl/N-ethyl adjacent to an activating group) is 1. The van der Waals surface area contributed by atoms with Gasteiger partial charge in [0, 0.05) is 25.2 Å². The molecule has 0 aliphatic carbocycles. The Labute approximate surface area is 89.8 Å². The van der Waals surface area contributed by atoms with E-state index in [1.807, 2.05) is 20.8 Å². The van der Waals surface area contributed by atoms with Gasteiger partial charge >= 0.3 is 6.18 Å². The van der Waals surface area contributed by atoms with E-state index >= 15 is 0 Å². The van der Waals surface area contributed by atoms with E-state index in [1.54, 1.807) is 11.9 Å². The molecular formula is C10H21F3N2. The molecule has 0 aromatic carbocycles. The maximum absolute atomic E-state index is 11.9. The van der Waals surface area contributed by atoms with Gasteiger partial charge in [0.05, 0.1) is 6.42 Å². The zero-order chi connectivity index (χ0) is 12.1. The van der Waals surface area contributed by atoms with Crippen molar-refractivity contribution in [3.05, 3.63) is 0 Å². The third-order valence-electron chi connectivity index (χ3n) is 1.93. The van der Waals surface area contributed by atoms with Gasteiger partial charge in [-0.3, -0.25) is 0 Å². The highest BCUT2D eigenvalue weighted by Gasteiger charge is 2.26. The quantitative estimate of drug-likeness (QED) is 0.773. The van der Waals surface area contributed by atoms with Gasteiger partial charge in [0.25, 0.3) is 0 Å². The van der Waals surface area contributed by atoms with Crippen LogP contribution < -0.4 is 5.32 Å². The van der Waals surface area contributed by atoms with Gasteiger partial charge in [0.15, 0.2) is 0 Å². The Morgan fingerprint density at radius 2 is 1.60 bits per heavy atom. The minimum Gasteiger partial charge on any atom is -0.311 e. The van der Waals surface area contributed by atoms with E-state index < -0.39 is 12.6 Å². The maximum atomic E-state index is 11.9.